The van der Waals surface area contributed by atoms with E-state index < -0.39 is 22.5 Å². The number of methoxy groups -OCH3 is 3. The van der Waals surface area contributed by atoms with Crippen molar-refractivity contribution in [3.8, 4) is 17.2 Å². The third kappa shape index (κ3) is 5.84. The molecular formula is C19H22Cl2N2O6S. The third-order valence-electron chi connectivity index (χ3n) is 4.09. The summed E-state index contributed by atoms with van der Waals surface area (Å²) >= 11 is 11.9. The number of carbonyl (C=O) groups is 1. The molecule has 0 aliphatic heterocycles. The molecule has 0 spiro atoms. The zero-order valence-corrected chi connectivity index (χ0v) is 19.2. The van der Waals surface area contributed by atoms with Crippen LogP contribution >= 0.6 is 23.2 Å². The lowest BCUT2D eigenvalue weighted by molar-refractivity contribution is -0.119. The van der Waals surface area contributed by atoms with E-state index in [0.29, 0.717) is 22.8 Å². The van der Waals surface area contributed by atoms with E-state index in [1.807, 2.05) is 0 Å². The van der Waals surface area contributed by atoms with Gasteiger partial charge in [0.15, 0.2) is 11.5 Å². The molecule has 2 rings (SSSR count). The van der Waals surface area contributed by atoms with Crippen LogP contribution in [0.15, 0.2) is 30.3 Å². The smallest absolute Gasteiger partial charge is 0.241 e. The molecule has 0 saturated carbocycles. The van der Waals surface area contributed by atoms with Crippen LogP contribution in [0.3, 0.4) is 0 Å². The molecule has 0 aromatic heterocycles. The van der Waals surface area contributed by atoms with Crippen LogP contribution in [0.1, 0.15) is 5.56 Å². The van der Waals surface area contributed by atoms with Gasteiger partial charge < -0.3 is 19.5 Å². The van der Waals surface area contributed by atoms with Crippen molar-refractivity contribution in [3.63, 3.8) is 0 Å². The minimum atomic E-state index is -3.74. The predicted molar refractivity (Wildman–Crippen MR) is 117 cm³/mol. The quantitative estimate of drug-likeness (QED) is 0.597. The number of nitrogens with zero attached hydrogens (tertiary/aromatic N) is 1. The summed E-state index contributed by atoms with van der Waals surface area (Å²) in [6, 6.07) is 7.70. The summed E-state index contributed by atoms with van der Waals surface area (Å²) in [5.74, 6) is 0.794. The van der Waals surface area contributed by atoms with Gasteiger partial charge in [0.05, 0.1) is 43.3 Å². The van der Waals surface area contributed by atoms with Crippen molar-refractivity contribution in [2.24, 2.45) is 0 Å². The minimum Gasteiger partial charge on any atom is -0.493 e. The van der Waals surface area contributed by atoms with Gasteiger partial charge in [0, 0.05) is 6.54 Å². The van der Waals surface area contributed by atoms with Crippen LogP contribution < -0.4 is 23.8 Å². The number of hydrogen-bond acceptors (Lipinski definition) is 6. The van der Waals surface area contributed by atoms with Gasteiger partial charge in [-0.2, -0.15) is 0 Å². The highest BCUT2D eigenvalue weighted by Crippen LogP contribution is 2.38. The Morgan fingerprint density at radius 3 is 2.07 bits per heavy atom. The molecule has 2 aromatic carbocycles. The highest BCUT2D eigenvalue weighted by molar-refractivity contribution is 7.92. The Labute approximate surface area is 185 Å². The van der Waals surface area contributed by atoms with Gasteiger partial charge in [-0.3, -0.25) is 9.10 Å². The van der Waals surface area contributed by atoms with E-state index in [0.717, 1.165) is 10.6 Å². The number of anilines is 1. The molecule has 0 atom stereocenters. The van der Waals surface area contributed by atoms with Crippen molar-refractivity contribution in [2.45, 2.75) is 6.54 Å². The highest BCUT2D eigenvalue weighted by atomic mass is 35.5. The van der Waals surface area contributed by atoms with Gasteiger partial charge in [-0.05, 0) is 35.9 Å². The molecule has 1 amide bonds. The molecule has 8 nitrogen and oxygen atoms in total. The van der Waals surface area contributed by atoms with Crippen molar-refractivity contribution < 1.29 is 27.4 Å². The first-order valence-corrected chi connectivity index (χ1v) is 11.2. The summed E-state index contributed by atoms with van der Waals surface area (Å²) in [6.45, 7) is -0.310. The average molecular weight is 477 g/mol. The fourth-order valence-corrected chi connectivity index (χ4v) is 3.81. The molecule has 0 aliphatic carbocycles. The number of halogens is 2. The van der Waals surface area contributed by atoms with Gasteiger partial charge in [0.1, 0.15) is 6.54 Å². The lowest BCUT2D eigenvalue weighted by Crippen LogP contribution is -2.40. The predicted octanol–water partition coefficient (Wildman–Crippen LogP) is 3.10. The van der Waals surface area contributed by atoms with E-state index in [4.69, 9.17) is 37.4 Å². The first-order chi connectivity index (χ1) is 14.1. The molecule has 0 unspecified atom stereocenters. The van der Waals surface area contributed by atoms with Gasteiger partial charge in [-0.1, -0.05) is 23.2 Å². The number of amides is 1. The number of rotatable bonds is 9. The number of ether oxygens (including phenoxy) is 3. The minimum absolute atomic E-state index is 0.120. The van der Waals surface area contributed by atoms with E-state index in [-0.39, 0.29) is 22.3 Å². The second-order valence-electron chi connectivity index (χ2n) is 6.18. The molecular weight excluding hydrogens is 455 g/mol. The fraction of sp³-hybridized carbons (Fsp3) is 0.316. The number of carbonyl (C=O) groups excluding carboxylic acids is 1. The maximum Gasteiger partial charge on any atom is 0.241 e. The lowest BCUT2D eigenvalue weighted by atomic mass is 10.1. The van der Waals surface area contributed by atoms with Crippen molar-refractivity contribution >= 4 is 44.8 Å². The van der Waals surface area contributed by atoms with E-state index in [1.165, 1.54) is 39.5 Å². The number of benzene rings is 2. The molecule has 1 N–H and O–H groups in total. The monoisotopic (exact) mass is 476 g/mol. The molecule has 0 aliphatic rings. The largest absolute Gasteiger partial charge is 0.493 e. The summed E-state index contributed by atoms with van der Waals surface area (Å²) in [4.78, 5) is 12.5. The van der Waals surface area contributed by atoms with E-state index >= 15 is 0 Å². The molecule has 164 valence electrons. The maximum atomic E-state index is 12.5. The number of sulfonamides is 1. The van der Waals surface area contributed by atoms with Crippen molar-refractivity contribution in [1.29, 1.82) is 0 Å². The molecule has 11 heteroatoms. The van der Waals surface area contributed by atoms with Gasteiger partial charge in [0.2, 0.25) is 21.7 Å². The Balaban J connectivity index is 2.18. The Morgan fingerprint density at radius 1 is 1.00 bits per heavy atom. The normalized spacial score (nSPS) is 11.0. The van der Waals surface area contributed by atoms with Crippen LogP contribution in [-0.4, -0.2) is 48.5 Å². The first-order valence-electron chi connectivity index (χ1n) is 8.59. The van der Waals surface area contributed by atoms with Crippen molar-refractivity contribution in [3.05, 3.63) is 45.9 Å². The molecule has 0 fully saturated rings. The third-order valence-corrected chi connectivity index (χ3v) is 5.97. The summed E-state index contributed by atoms with van der Waals surface area (Å²) in [7, 11) is 0.723. The summed E-state index contributed by atoms with van der Waals surface area (Å²) in [5.41, 5.74) is 0.910. The topological polar surface area (TPSA) is 94.2 Å². The maximum absolute atomic E-state index is 12.5. The van der Waals surface area contributed by atoms with Gasteiger partial charge in [0.25, 0.3) is 0 Å². The van der Waals surface area contributed by atoms with Gasteiger partial charge in [-0.25, -0.2) is 8.42 Å². The van der Waals surface area contributed by atoms with Crippen LogP contribution in [0, 0.1) is 0 Å². The van der Waals surface area contributed by atoms with E-state index in [2.05, 4.69) is 5.32 Å². The van der Waals surface area contributed by atoms with Crippen LogP contribution in [0.4, 0.5) is 5.69 Å². The Bertz CT molecular complexity index is 1000. The average Bonchev–Trinajstić information content (AvgIpc) is 2.70. The zero-order valence-electron chi connectivity index (χ0n) is 16.9. The summed E-state index contributed by atoms with van der Waals surface area (Å²) < 4.78 is 41.2. The highest BCUT2D eigenvalue weighted by Gasteiger charge is 2.22. The molecule has 0 saturated heterocycles. The fourth-order valence-electron chi connectivity index (χ4n) is 2.66. The lowest BCUT2D eigenvalue weighted by Gasteiger charge is -2.22. The second kappa shape index (κ2) is 10.1. The van der Waals surface area contributed by atoms with Gasteiger partial charge in [-0.15, -0.1) is 0 Å². The second-order valence-corrected chi connectivity index (χ2v) is 8.90. The molecule has 0 radical (unpaired) electrons. The first kappa shape index (κ1) is 23.9. The van der Waals surface area contributed by atoms with Crippen LogP contribution in [0.25, 0.3) is 0 Å². The summed E-state index contributed by atoms with van der Waals surface area (Å²) in [5, 5.41) is 3.14. The van der Waals surface area contributed by atoms with E-state index in [1.54, 1.807) is 12.1 Å². The van der Waals surface area contributed by atoms with Crippen LogP contribution in [0.5, 0.6) is 17.2 Å². The van der Waals surface area contributed by atoms with Crippen molar-refractivity contribution in [1.82, 2.24) is 5.32 Å². The van der Waals surface area contributed by atoms with Crippen LogP contribution in [-0.2, 0) is 21.4 Å². The zero-order chi connectivity index (χ0) is 22.5. The van der Waals surface area contributed by atoms with Crippen molar-refractivity contribution in [2.75, 3.05) is 38.4 Å². The SMILES string of the molecule is COc1cc(CNC(=O)CN(c2ccc(Cl)c(Cl)c2)S(C)(=O)=O)cc(OC)c1OC. The molecule has 2 aromatic rings. The standard InChI is InChI=1S/C19H22Cl2N2O6S/c1-27-16-7-12(8-17(28-2)19(16)29-3)10-22-18(24)11-23(30(4,25)26)13-5-6-14(20)15(21)9-13/h5-9H,10-11H2,1-4H3,(H,22,24). The molecule has 0 heterocycles. The number of hydrogen-bond donors (Lipinski definition) is 1. The Morgan fingerprint density at radius 2 is 1.60 bits per heavy atom. The molecule has 0 bridgehead atoms. The van der Waals surface area contributed by atoms with Crippen LogP contribution in [0.2, 0.25) is 10.0 Å². The summed E-state index contributed by atoms with van der Waals surface area (Å²) in [6.07, 6.45) is 1.00. The Kier molecular flexibility index (Phi) is 8.05. The number of nitrogens with one attached hydrogen (secondary N) is 1. The molecule has 30 heavy (non-hydrogen) atoms. The Hall–Kier alpha value is -2.36. The van der Waals surface area contributed by atoms with E-state index in [9.17, 15) is 13.2 Å². The van der Waals surface area contributed by atoms with Gasteiger partial charge >= 0.3 is 0 Å².